The Morgan fingerprint density at radius 2 is 2.12 bits per heavy atom. The van der Waals surface area contributed by atoms with Crippen LogP contribution in [0.2, 0.25) is 0 Å². The molecule has 0 aliphatic rings. The third-order valence-electron chi connectivity index (χ3n) is 2.67. The topological polar surface area (TPSA) is 28.2 Å². The minimum absolute atomic E-state index is 0.569. The van der Waals surface area contributed by atoms with E-state index in [1.807, 2.05) is 13.1 Å². The maximum absolute atomic E-state index is 4.54. The number of hydrogen-bond acceptors (Lipinski definition) is 3. The number of hydrogen-bond donors (Lipinski definition) is 1. The van der Waals surface area contributed by atoms with E-state index in [1.54, 1.807) is 0 Å². The Bertz CT molecular complexity index is 310. The lowest BCUT2D eigenvalue weighted by molar-refractivity contribution is 0.211. The lowest BCUT2D eigenvalue weighted by Crippen LogP contribution is -2.31. The second-order valence-corrected chi connectivity index (χ2v) is 4.33. The molecule has 3 nitrogen and oxygen atoms in total. The van der Waals surface area contributed by atoms with Crippen LogP contribution in [0.3, 0.4) is 0 Å². The van der Waals surface area contributed by atoms with Crippen molar-refractivity contribution in [2.45, 2.75) is 39.8 Å². The molecule has 1 rings (SSSR count). The SMILES string of the molecule is CCCN(Cc1cccc(NC)n1)C(C)C. The fourth-order valence-electron chi connectivity index (χ4n) is 1.72. The predicted molar refractivity (Wildman–Crippen MR) is 69.6 cm³/mol. The van der Waals surface area contributed by atoms with Crippen molar-refractivity contribution >= 4 is 5.82 Å². The standard InChI is InChI=1S/C13H23N3/c1-5-9-16(11(2)3)10-12-7-6-8-13(14-4)15-12/h6-8,11H,5,9-10H2,1-4H3,(H,14,15). The zero-order chi connectivity index (χ0) is 12.0. The Kier molecular flexibility index (Phi) is 5.26. The summed E-state index contributed by atoms with van der Waals surface area (Å²) in [4.78, 5) is 6.99. The van der Waals surface area contributed by atoms with Crippen LogP contribution < -0.4 is 5.32 Å². The summed E-state index contributed by atoms with van der Waals surface area (Å²) < 4.78 is 0. The average molecular weight is 221 g/mol. The number of nitrogens with one attached hydrogen (secondary N) is 1. The van der Waals surface area contributed by atoms with Crippen molar-refractivity contribution in [2.24, 2.45) is 0 Å². The number of aromatic nitrogens is 1. The smallest absolute Gasteiger partial charge is 0.126 e. The van der Waals surface area contributed by atoms with Gasteiger partial charge in [-0.2, -0.15) is 0 Å². The van der Waals surface area contributed by atoms with Crippen LogP contribution in [-0.2, 0) is 6.54 Å². The third kappa shape index (κ3) is 3.81. The zero-order valence-electron chi connectivity index (χ0n) is 10.8. The lowest BCUT2D eigenvalue weighted by Gasteiger charge is -2.25. The molecule has 16 heavy (non-hydrogen) atoms. The zero-order valence-corrected chi connectivity index (χ0v) is 10.8. The van der Waals surface area contributed by atoms with Gasteiger partial charge in [-0.05, 0) is 38.9 Å². The Labute approximate surface area is 98.9 Å². The maximum atomic E-state index is 4.54. The lowest BCUT2D eigenvalue weighted by atomic mass is 10.2. The highest BCUT2D eigenvalue weighted by Crippen LogP contribution is 2.09. The first-order valence-electron chi connectivity index (χ1n) is 6.05. The van der Waals surface area contributed by atoms with E-state index in [4.69, 9.17) is 0 Å². The molecule has 1 heterocycles. The second kappa shape index (κ2) is 6.48. The Morgan fingerprint density at radius 1 is 1.38 bits per heavy atom. The van der Waals surface area contributed by atoms with Crippen LogP contribution in [0.5, 0.6) is 0 Å². The molecular formula is C13H23N3. The quantitative estimate of drug-likeness (QED) is 0.800. The maximum Gasteiger partial charge on any atom is 0.126 e. The van der Waals surface area contributed by atoms with Crippen LogP contribution >= 0.6 is 0 Å². The van der Waals surface area contributed by atoms with Crippen molar-refractivity contribution in [3.63, 3.8) is 0 Å². The van der Waals surface area contributed by atoms with Gasteiger partial charge in [-0.3, -0.25) is 4.90 Å². The fraction of sp³-hybridized carbons (Fsp3) is 0.615. The first kappa shape index (κ1) is 13.0. The van der Waals surface area contributed by atoms with Crippen LogP contribution in [0.15, 0.2) is 18.2 Å². The van der Waals surface area contributed by atoms with Gasteiger partial charge < -0.3 is 5.32 Å². The van der Waals surface area contributed by atoms with Gasteiger partial charge >= 0.3 is 0 Å². The average Bonchev–Trinajstić information content (AvgIpc) is 2.28. The molecule has 1 N–H and O–H groups in total. The summed E-state index contributed by atoms with van der Waals surface area (Å²) in [7, 11) is 1.90. The van der Waals surface area contributed by atoms with Crippen molar-refractivity contribution in [2.75, 3.05) is 18.9 Å². The van der Waals surface area contributed by atoms with Gasteiger partial charge in [0, 0.05) is 19.6 Å². The Hall–Kier alpha value is -1.09. The highest BCUT2D eigenvalue weighted by Gasteiger charge is 2.09. The summed E-state index contributed by atoms with van der Waals surface area (Å²) in [6.07, 6.45) is 1.18. The minimum atomic E-state index is 0.569. The fourth-order valence-corrected chi connectivity index (χ4v) is 1.72. The largest absolute Gasteiger partial charge is 0.373 e. The molecule has 0 aliphatic heterocycles. The van der Waals surface area contributed by atoms with Crippen molar-refractivity contribution in [1.82, 2.24) is 9.88 Å². The van der Waals surface area contributed by atoms with E-state index in [0.29, 0.717) is 6.04 Å². The molecule has 0 radical (unpaired) electrons. The van der Waals surface area contributed by atoms with Crippen molar-refractivity contribution in [1.29, 1.82) is 0 Å². The van der Waals surface area contributed by atoms with Crippen LogP contribution in [0.1, 0.15) is 32.9 Å². The summed E-state index contributed by atoms with van der Waals surface area (Å²) in [5.74, 6) is 0.942. The van der Waals surface area contributed by atoms with E-state index in [1.165, 1.54) is 6.42 Å². The van der Waals surface area contributed by atoms with Gasteiger partial charge in [0.1, 0.15) is 5.82 Å². The van der Waals surface area contributed by atoms with Crippen molar-refractivity contribution in [3.05, 3.63) is 23.9 Å². The number of rotatable bonds is 6. The summed E-state index contributed by atoms with van der Waals surface area (Å²) in [6.45, 7) is 8.74. The molecule has 0 saturated heterocycles. The second-order valence-electron chi connectivity index (χ2n) is 4.33. The molecule has 0 aliphatic carbocycles. The highest BCUT2D eigenvalue weighted by molar-refractivity contribution is 5.34. The monoisotopic (exact) mass is 221 g/mol. The predicted octanol–water partition coefficient (Wildman–Crippen LogP) is 2.74. The van der Waals surface area contributed by atoms with Crippen LogP contribution in [0, 0.1) is 0 Å². The molecule has 0 unspecified atom stereocenters. The first-order valence-corrected chi connectivity index (χ1v) is 6.05. The Balaban J connectivity index is 2.68. The van der Waals surface area contributed by atoms with Gasteiger partial charge in [0.2, 0.25) is 0 Å². The molecule has 0 spiro atoms. The van der Waals surface area contributed by atoms with E-state index in [9.17, 15) is 0 Å². The molecule has 90 valence electrons. The van der Waals surface area contributed by atoms with Gasteiger partial charge in [0.15, 0.2) is 0 Å². The normalized spacial score (nSPS) is 11.1. The molecule has 0 fully saturated rings. The molecule has 0 bridgehead atoms. The summed E-state index contributed by atoms with van der Waals surface area (Å²) in [5.41, 5.74) is 1.13. The first-order chi connectivity index (χ1) is 7.67. The van der Waals surface area contributed by atoms with Crippen molar-refractivity contribution in [3.8, 4) is 0 Å². The van der Waals surface area contributed by atoms with Gasteiger partial charge in [-0.15, -0.1) is 0 Å². The van der Waals surface area contributed by atoms with E-state index in [2.05, 4.69) is 48.1 Å². The molecule has 0 amide bonds. The summed E-state index contributed by atoms with van der Waals surface area (Å²) >= 11 is 0. The van der Waals surface area contributed by atoms with Crippen LogP contribution in [0.4, 0.5) is 5.82 Å². The molecule has 3 heteroatoms. The van der Waals surface area contributed by atoms with Gasteiger partial charge in [-0.1, -0.05) is 13.0 Å². The Morgan fingerprint density at radius 3 is 2.69 bits per heavy atom. The molecular weight excluding hydrogens is 198 g/mol. The molecule has 1 aromatic rings. The third-order valence-corrected chi connectivity index (χ3v) is 2.67. The number of nitrogens with zero attached hydrogens (tertiary/aromatic N) is 2. The molecule has 0 atom stereocenters. The molecule has 1 aromatic heterocycles. The number of pyridine rings is 1. The summed E-state index contributed by atoms with van der Waals surface area (Å²) in [5, 5.41) is 3.07. The van der Waals surface area contributed by atoms with Crippen molar-refractivity contribution < 1.29 is 0 Å². The van der Waals surface area contributed by atoms with E-state index < -0.39 is 0 Å². The minimum Gasteiger partial charge on any atom is -0.373 e. The summed E-state index contributed by atoms with van der Waals surface area (Å²) in [6, 6.07) is 6.70. The van der Waals surface area contributed by atoms with Gasteiger partial charge in [0.25, 0.3) is 0 Å². The van der Waals surface area contributed by atoms with Gasteiger partial charge in [0.05, 0.1) is 5.69 Å². The van der Waals surface area contributed by atoms with Crippen LogP contribution in [-0.4, -0.2) is 29.5 Å². The number of anilines is 1. The van der Waals surface area contributed by atoms with Gasteiger partial charge in [-0.25, -0.2) is 4.98 Å². The van der Waals surface area contributed by atoms with Crippen LogP contribution in [0.25, 0.3) is 0 Å². The molecule has 0 aromatic carbocycles. The highest BCUT2D eigenvalue weighted by atomic mass is 15.2. The molecule has 0 saturated carbocycles. The van der Waals surface area contributed by atoms with E-state index in [0.717, 1.165) is 24.6 Å². The van der Waals surface area contributed by atoms with E-state index in [-0.39, 0.29) is 0 Å². The van der Waals surface area contributed by atoms with E-state index >= 15 is 0 Å².